The Balaban J connectivity index is 1.10. The lowest BCUT2D eigenvalue weighted by molar-refractivity contribution is 0.483. The maximum atomic E-state index is 6.88. The molecule has 0 heterocycles. The lowest BCUT2D eigenvalue weighted by Gasteiger charge is -2.34. The molecule has 0 saturated carbocycles. The Morgan fingerprint density at radius 1 is 0.198 bits per heavy atom. The highest BCUT2D eigenvalue weighted by atomic mass is 16.5. The molecule has 0 N–H and O–H groups in total. The van der Waals surface area contributed by atoms with Crippen LogP contribution in [0, 0.1) is 20.8 Å². The van der Waals surface area contributed by atoms with E-state index < -0.39 is 0 Å². The van der Waals surface area contributed by atoms with E-state index in [1.54, 1.807) is 0 Å². The van der Waals surface area contributed by atoms with E-state index in [4.69, 9.17) is 4.74 Å². The van der Waals surface area contributed by atoms with Crippen molar-refractivity contribution in [2.45, 2.75) is 20.8 Å². The van der Waals surface area contributed by atoms with Gasteiger partial charge in [-0.25, -0.2) is 0 Å². The van der Waals surface area contributed by atoms with E-state index in [0.29, 0.717) is 5.75 Å². The molecule has 0 atom stereocenters. The summed E-state index contributed by atoms with van der Waals surface area (Å²) >= 11 is 0. The van der Waals surface area contributed by atoms with Crippen molar-refractivity contribution in [3.05, 3.63) is 332 Å². The van der Waals surface area contributed by atoms with Gasteiger partial charge in [0.2, 0.25) is 0 Å². The zero-order chi connectivity index (χ0) is 54.9. The van der Waals surface area contributed by atoms with Crippen LogP contribution in [0.5, 0.6) is 11.5 Å². The monoisotopic (exact) mass is 1050 g/mol. The van der Waals surface area contributed by atoms with Crippen LogP contribution in [0.1, 0.15) is 16.7 Å². The summed E-state index contributed by atoms with van der Waals surface area (Å²) in [4.78, 5) is 11.8. The van der Waals surface area contributed by atoms with E-state index in [0.717, 1.165) is 102 Å². The van der Waals surface area contributed by atoms with Crippen molar-refractivity contribution < 1.29 is 4.74 Å². The Kier molecular flexibility index (Phi) is 14.9. The van der Waals surface area contributed by atoms with Gasteiger partial charge in [-0.3, -0.25) is 0 Å². The Labute approximate surface area is 476 Å². The molecule has 12 aromatic rings. The number of hydrogen-bond acceptors (Lipinski definition) is 6. The van der Waals surface area contributed by atoms with E-state index in [1.165, 1.54) is 5.56 Å². The van der Waals surface area contributed by atoms with Gasteiger partial charge in [-0.1, -0.05) is 169 Å². The Bertz CT molecular complexity index is 3760. The molecule has 81 heavy (non-hydrogen) atoms. The molecule has 0 aliphatic carbocycles. The van der Waals surface area contributed by atoms with Gasteiger partial charge in [-0.2, -0.15) is 0 Å². The van der Waals surface area contributed by atoms with Crippen LogP contribution in [-0.4, -0.2) is 0 Å². The van der Waals surface area contributed by atoms with Crippen LogP contribution in [0.2, 0.25) is 0 Å². The third-order valence-corrected chi connectivity index (χ3v) is 14.3. The molecule has 0 radical (unpaired) electrons. The van der Waals surface area contributed by atoms with Gasteiger partial charge < -0.3 is 29.2 Å². The van der Waals surface area contributed by atoms with Crippen molar-refractivity contribution in [2.75, 3.05) is 24.5 Å². The van der Waals surface area contributed by atoms with Crippen molar-refractivity contribution in [1.82, 2.24) is 0 Å². The molecule has 12 aromatic carbocycles. The van der Waals surface area contributed by atoms with Crippen LogP contribution >= 0.6 is 0 Å². The summed E-state index contributed by atoms with van der Waals surface area (Å²) in [6.45, 7) is 6.61. The lowest BCUT2D eigenvalue weighted by Crippen LogP contribution is -2.17. The number of hydrogen-bond donors (Lipinski definition) is 0. The van der Waals surface area contributed by atoms with E-state index in [-0.39, 0.29) is 0 Å². The zero-order valence-electron chi connectivity index (χ0n) is 45.7. The average Bonchev–Trinajstić information content (AvgIpc) is 3.52. The van der Waals surface area contributed by atoms with Crippen LogP contribution in [0.15, 0.2) is 315 Å². The van der Waals surface area contributed by atoms with Gasteiger partial charge in [-0.05, 0) is 171 Å². The molecule has 0 spiro atoms. The van der Waals surface area contributed by atoms with Crippen molar-refractivity contribution in [2.24, 2.45) is 0 Å². The lowest BCUT2D eigenvalue weighted by atomic mass is 10.0. The largest absolute Gasteiger partial charge is 0.457 e. The van der Waals surface area contributed by atoms with Crippen LogP contribution in [0.3, 0.4) is 0 Å². The minimum atomic E-state index is 0.701. The molecular weight excluding hydrogens is 987 g/mol. The Morgan fingerprint density at radius 3 is 0.753 bits per heavy atom. The molecule has 392 valence electrons. The maximum absolute atomic E-state index is 6.88. The summed E-state index contributed by atoms with van der Waals surface area (Å²) in [5.74, 6) is 1.45. The topological polar surface area (TPSA) is 25.4 Å². The van der Waals surface area contributed by atoms with Gasteiger partial charge in [0, 0.05) is 63.3 Å². The summed E-state index contributed by atoms with van der Waals surface area (Å²) < 4.78 is 6.88. The first kappa shape index (κ1) is 51.2. The Hall–Kier alpha value is -10.6. The highest BCUT2D eigenvalue weighted by Crippen LogP contribution is 2.49. The summed E-state index contributed by atoms with van der Waals surface area (Å²) in [5.41, 5.74) is 18.6. The van der Waals surface area contributed by atoms with E-state index in [9.17, 15) is 0 Å². The molecular formula is C75H61N5O. The predicted octanol–water partition coefficient (Wildman–Crippen LogP) is 21.8. The first-order valence-electron chi connectivity index (χ1n) is 27.5. The molecule has 0 fully saturated rings. The number of para-hydroxylation sites is 8. The quantitative estimate of drug-likeness (QED) is 0.0901. The van der Waals surface area contributed by atoms with Crippen LogP contribution in [-0.2, 0) is 0 Å². The first-order chi connectivity index (χ1) is 39.9. The summed E-state index contributed by atoms with van der Waals surface area (Å²) in [5, 5.41) is 0. The van der Waals surface area contributed by atoms with E-state index in [1.807, 2.05) is 30.3 Å². The second-order valence-electron chi connectivity index (χ2n) is 20.1. The highest BCUT2D eigenvalue weighted by Gasteiger charge is 2.26. The number of anilines is 15. The van der Waals surface area contributed by atoms with Crippen molar-refractivity contribution in [3.8, 4) is 11.5 Å². The minimum absolute atomic E-state index is 0.701. The van der Waals surface area contributed by atoms with Gasteiger partial charge in [0.15, 0.2) is 0 Å². The average molecular weight is 1050 g/mol. The van der Waals surface area contributed by atoms with E-state index in [2.05, 4.69) is 330 Å². The molecule has 0 aliphatic heterocycles. The third kappa shape index (κ3) is 11.3. The van der Waals surface area contributed by atoms with Gasteiger partial charge in [-0.15, -0.1) is 0 Å². The molecule has 0 aliphatic rings. The molecule has 0 unspecified atom stereocenters. The fraction of sp³-hybridized carbons (Fsp3) is 0.0400. The van der Waals surface area contributed by atoms with Gasteiger partial charge in [0.1, 0.15) is 11.5 Å². The second-order valence-corrected chi connectivity index (χ2v) is 20.1. The number of aryl methyl sites for hydroxylation is 3. The summed E-state index contributed by atoms with van der Waals surface area (Å²) in [6, 6.07) is 112. The number of benzene rings is 12. The van der Waals surface area contributed by atoms with Gasteiger partial charge in [0.05, 0.1) is 34.1 Å². The maximum Gasteiger partial charge on any atom is 0.131 e. The number of ether oxygens (including phenoxy) is 1. The number of rotatable bonds is 17. The molecule has 6 heteroatoms. The van der Waals surface area contributed by atoms with Crippen LogP contribution < -0.4 is 29.2 Å². The molecule has 0 amide bonds. The standard InChI is InChI=1S/C75H61N5O/c1-56-47-57(2)75(58(3)48-56)80(72-53-71(54-74(55-72)81-73-45-26-11-27-46-73)78(63-37-20-8-21-38-63)64-39-22-9-23-40-64)67-44-28-43-66(49-67)79(65-41-24-10-25-42-65)70-51-68(76(59-29-12-4-13-30-59)60-31-14-5-15-32-60)50-69(52-70)77(61-33-16-6-17-34-61)62-35-18-7-19-36-62/h4-55H,1-3H3. The fourth-order valence-electron chi connectivity index (χ4n) is 11.0. The SMILES string of the molecule is Cc1cc(C)c(N(c2cccc(N(c3ccccc3)c3cc(N(c4ccccc4)c4ccccc4)cc(N(c4ccccc4)c4ccccc4)c3)c2)c2cc(Oc3ccccc3)cc(N(c3ccccc3)c3ccccc3)c2)c(C)c1. The van der Waals surface area contributed by atoms with Crippen molar-refractivity contribution >= 4 is 85.3 Å². The first-order valence-corrected chi connectivity index (χ1v) is 27.5. The smallest absolute Gasteiger partial charge is 0.131 e. The van der Waals surface area contributed by atoms with Crippen LogP contribution in [0.4, 0.5) is 85.3 Å². The summed E-state index contributed by atoms with van der Waals surface area (Å²) in [7, 11) is 0. The molecule has 0 saturated heterocycles. The fourth-order valence-corrected chi connectivity index (χ4v) is 11.0. The zero-order valence-corrected chi connectivity index (χ0v) is 45.7. The molecule has 6 nitrogen and oxygen atoms in total. The minimum Gasteiger partial charge on any atom is -0.457 e. The number of nitrogens with zero attached hydrogens (tertiary/aromatic N) is 5. The van der Waals surface area contributed by atoms with Gasteiger partial charge >= 0.3 is 0 Å². The molecule has 0 bridgehead atoms. The van der Waals surface area contributed by atoms with Gasteiger partial charge in [0.25, 0.3) is 0 Å². The van der Waals surface area contributed by atoms with E-state index >= 15 is 0 Å². The molecule has 12 rings (SSSR count). The second kappa shape index (κ2) is 23.6. The normalized spacial score (nSPS) is 10.9. The Morgan fingerprint density at radius 2 is 0.432 bits per heavy atom. The summed E-state index contributed by atoms with van der Waals surface area (Å²) in [6.07, 6.45) is 0. The highest BCUT2D eigenvalue weighted by molar-refractivity contribution is 5.92. The van der Waals surface area contributed by atoms with Crippen molar-refractivity contribution in [3.63, 3.8) is 0 Å². The van der Waals surface area contributed by atoms with Crippen molar-refractivity contribution in [1.29, 1.82) is 0 Å². The van der Waals surface area contributed by atoms with Crippen LogP contribution in [0.25, 0.3) is 0 Å². The molecule has 0 aromatic heterocycles. The predicted molar refractivity (Wildman–Crippen MR) is 341 cm³/mol. The third-order valence-electron chi connectivity index (χ3n) is 14.3.